The quantitative estimate of drug-likeness (QED) is 0.773. The zero-order valence-electron chi connectivity index (χ0n) is 9.30. The van der Waals surface area contributed by atoms with Crippen molar-refractivity contribution in [2.24, 2.45) is 12.2 Å². The summed E-state index contributed by atoms with van der Waals surface area (Å²) in [6.45, 7) is 3.42. The Bertz CT molecular complexity index is 502. The normalized spacial score (nSPS) is 11.8. The van der Waals surface area contributed by atoms with Gasteiger partial charge in [0.1, 0.15) is 10.6 Å². The van der Waals surface area contributed by atoms with Crippen molar-refractivity contribution in [3.8, 4) is 0 Å². The van der Waals surface area contributed by atoms with Crippen LogP contribution >= 0.6 is 0 Å². The zero-order chi connectivity index (χ0) is 12.5. The van der Waals surface area contributed by atoms with Crippen molar-refractivity contribution < 1.29 is 17.9 Å². The van der Waals surface area contributed by atoms with E-state index in [0.717, 1.165) is 0 Å². The number of ether oxygens (including phenoxy) is 1. The average molecular weight is 246 g/mol. The molecule has 0 amide bonds. The Hall–Kier alpha value is -1.34. The maximum Gasteiger partial charge on any atom is 0.355 e. The number of carbonyl (C=O) groups excluding carboxylic acids is 1. The second kappa shape index (κ2) is 4.26. The highest BCUT2D eigenvalue weighted by molar-refractivity contribution is 7.89. The molecule has 16 heavy (non-hydrogen) atoms. The van der Waals surface area contributed by atoms with E-state index in [1.807, 2.05) is 0 Å². The lowest BCUT2D eigenvalue weighted by molar-refractivity contribution is 0.0366. The van der Waals surface area contributed by atoms with Crippen LogP contribution < -0.4 is 5.14 Å². The first-order valence-corrected chi connectivity index (χ1v) is 6.16. The fourth-order valence-electron chi connectivity index (χ4n) is 1.17. The molecule has 0 fully saturated rings. The summed E-state index contributed by atoms with van der Waals surface area (Å²) in [5, 5.41) is 4.95. The predicted molar refractivity (Wildman–Crippen MR) is 57.3 cm³/mol. The molecular weight excluding hydrogens is 232 g/mol. The molecule has 0 aromatic carbocycles. The molecular formula is C9H14N2O4S. The largest absolute Gasteiger partial charge is 0.458 e. The molecule has 0 aliphatic carbocycles. The van der Waals surface area contributed by atoms with E-state index < -0.39 is 16.0 Å². The topological polar surface area (TPSA) is 91.4 Å². The minimum absolute atomic E-state index is 0.106. The van der Waals surface area contributed by atoms with Crippen molar-refractivity contribution in [2.75, 3.05) is 0 Å². The maximum atomic E-state index is 11.5. The molecule has 0 bridgehead atoms. The Morgan fingerprint density at radius 3 is 2.44 bits per heavy atom. The molecule has 0 saturated carbocycles. The lowest BCUT2D eigenvalue weighted by Crippen LogP contribution is -2.14. The molecule has 6 nitrogen and oxygen atoms in total. The van der Waals surface area contributed by atoms with Crippen LogP contribution in [0.4, 0.5) is 0 Å². The van der Waals surface area contributed by atoms with Gasteiger partial charge in [0.2, 0.25) is 10.0 Å². The Balaban J connectivity index is 3.08. The molecule has 0 saturated heterocycles. The van der Waals surface area contributed by atoms with Gasteiger partial charge in [-0.05, 0) is 19.9 Å². The number of aromatic nitrogens is 1. The predicted octanol–water partition coefficient (Wildman–Crippen LogP) is 0.238. The van der Waals surface area contributed by atoms with Gasteiger partial charge in [0.25, 0.3) is 0 Å². The van der Waals surface area contributed by atoms with E-state index in [1.165, 1.54) is 16.8 Å². The van der Waals surface area contributed by atoms with Crippen molar-refractivity contribution in [3.05, 3.63) is 18.0 Å². The number of rotatable bonds is 3. The van der Waals surface area contributed by atoms with Gasteiger partial charge in [0.15, 0.2) is 0 Å². The highest BCUT2D eigenvalue weighted by Crippen LogP contribution is 2.13. The van der Waals surface area contributed by atoms with Crippen LogP contribution in [0.3, 0.4) is 0 Å². The third-order valence-electron chi connectivity index (χ3n) is 1.86. The van der Waals surface area contributed by atoms with Crippen molar-refractivity contribution >= 4 is 16.0 Å². The van der Waals surface area contributed by atoms with E-state index in [0.29, 0.717) is 0 Å². The first-order chi connectivity index (χ1) is 7.21. The molecule has 0 aliphatic rings. The number of nitrogens with zero attached hydrogens (tertiary/aromatic N) is 1. The van der Waals surface area contributed by atoms with Gasteiger partial charge in [0, 0.05) is 13.2 Å². The number of nitrogens with two attached hydrogens (primary N) is 1. The van der Waals surface area contributed by atoms with Crippen LogP contribution in [0, 0.1) is 0 Å². The number of hydrogen-bond donors (Lipinski definition) is 1. The van der Waals surface area contributed by atoms with Crippen molar-refractivity contribution in [1.82, 2.24) is 4.57 Å². The Labute approximate surface area is 94.1 Å². The summed E-state index contributed by atoms with van der Waals surface area (Å²) in [6, 6.07) is 1.19. The standard InChI is InChI=1S/C9H14N2O4S/c1-6(2)15-9(12)8-4-7(5-11(8)3)16(10,13)14/h4-6H,1-3H3,(H2,10,13,14). The maximum absolute atomic E-state index is 11.5. The summed E-state index contributed by atoms with van der Waals surface area (Å²) in [7, 11) is -2.25. The number of carbonyl (C=O) groups is 1. The van der Waals surface area contributed by atoms with Gasteiger partial charge < -0.3 is 9.30 Å². The summed E-state index contributed by atoms with van der Waals surface area (Å²) in [6.07, 6.45) is 1.01. The summed E-state index contributed by atoms with van der Waals surface area (Å²) in [4.78, 5) is 11.4. The summed E-state index contributed by atoms with van der Waals surface area (Å²) in [5.41, 5.74) is 0.151. The molecule has 90 valence electrons. The van der Waals surface area contributed by atoms with Gasteiger partial charge in [-0.15, -0.1) is 0 Å². The fourth-order valence-corrected chi connectivity index (χ4v) is 1.75. The molecule has 0 radical (unpaired) electrons. The third-order valence-corrected chi connectivity index (χ3v) is 2.74. The van der Waals surface area contributed by atoms with Gasteiger partial charge in [-0.2, -0.15) is 0 Å². The summed E-state index contributed by atoms with van der Waals surface area (Å²) in [5.74, 6) is -0.576. The molecule has 1 heterocycles. The summed E-state index contributed by atoms with van der Waals surface area (Å²) < 4.78 is 28.4. The monoisotopic (exact) mass is 246 g/mol. The van der Waals surface area contributed by atoms with Crippen LogP contribution in [0.5, 0.6) is 0 Å². The number of aryl methyl sites for hydroxylation is 1. The molecule has 0 unspecified atom stereocenters. The molecule has 1 aromatic heterocycles. The van der Waals surface area contributed by atoms with Gasteiger partial charge in [-0.25, -0.2) is 18.4 Å². The van der Waals surface area contributed by atoms with E-state index in [2.05, 4.69) is 0 Å². The SMILES string of the molecule is CC(C)OC(=O)c1cc(S(N)(=O)=O)cn1C. The third kappa shape index (κ3) is 2.83. The van der Waals surface area contributed by atoms with E-state index in [9.17, 15) is 13.2 Å². The first-order valence-electron chi connectivity index (χ1n) is 4.62. The minimum Gasteiger partial charge on any atom is -0.458 e. The van der Waals surface area contributed by atoms with Crippen LogP contribution in [-0.2, 0) is 21.8 Å². The van der Waals surface area contributed by atoms with E-state index in [1.54, 1.807) is 20.9 Å². The van der Waals surface area contributed by atoms with E-state index >= 15 is 0 Å². The van der Waals surface area contributed by atoms with Gasteiger partial charge >= 0.3 is 5.97 Å². The second-order valence-electron chi connectivity index (χ2n) is 3.67. The Morgan fingerprint density at radius 2 is 2.06 bits per heavy atom. The zero-order valence-corrected chi connectivity index (χ0v) is 10.1. The number of hydrogen-bond acceptors (Lipinski definition) is 4. The number of esters is 1. The van der Waals surface area contributed by atoms with Crippen molar-refractivity contribution in [3.63, 3.8) is 0 Å². The van der Waals surface area contributed by atoms with Crippen LogP contribution in [0.25, 0.3) is 0 Å². The molecule has 0 aliphatic heterocycles. The van der Waals surface area contributed by atoms with E-state index in [4.69, 9.17) is 9.88 Å². The minimum atomic E-state index is -3.80. The smallest absolute Gasteiger partial charge is 0.355 e. The summed E-state index contributed by atoms with van der Waals surface area (Å²) >= 11 is 0. The molecule has 0 atom stereocenters. The van der Waals surface area contributed by atoms with E-state index in [-0.39, 0.29) is 16.7 Å². The Kier molecular flexibility index (Phi) is 3.39. The molecule has 2 N–H and O–H groups in total. The molecule has 0 spiro atoms. The number of primary sulfonamides is 1. The van der Waals surface area contributed by atoms with Crippen LogP contribution in [0.1, 0.15) is 24.3 Å². The van der Waals surface area contributed by atoms with Crippen molar-refractivity contribution in [2.45, 2.75) is 24.8 Å². The lowest BCUT2D eigenvalue weighted by atomic mass is 10.4. The first kappa shape index (κ1) is 12.7. The highest BCUT2D eigenvalue weighted by atomic mass is 32.2. The van der Waals surface area contributed by atoms with Gasteiger partial charge in [0.05, 0.1) is 6.10 Å². The van der Waals surface area contributed by atoms with Gasteiger partial charge in [-0.1, -0.05) is 0 Å². The molecule has 1 aromatic rings. The van der Waals surface area contributed by atoms with Crippen LogP contribution in [0.2, 0.25) is 0 Å². The number of sulfonamides is 1. The second-order valence-corrected chi connectivity index (χ2v) is 5.23. The highest BCUT2D eigenvalue weighted by Gasteiger charge is 2.18. The van der Waals surface area contributed by atoms with Crippen LogP contribution in [0.15, 0.2) is 17.2 Å². The average Bonchev–Trinajstić information content (AvgIpc) is 2.44. The van der Waals surface area contributed by atoms with Gasteiger partial charge in [-0.3, -0.25) is 0 Å². The Morgan fingerprint density at radius 1 is 1.50 bits per heavy atom. The molecule has 7 heteroatoms. The molecule has 1 rings (SSSR count). The fraction of sp³-hybridized carbons (Fsp3) is 0.444. The lowest BCUT2D eigenvalue weighted by Gasteiger charge is -2.07. The van der Waals surface area contributed by atoms with Crippen LogP contribution in [-0.4, -0.2) is 25.1 Å². The van der Waals surface area contributed by atoms with Crippen molar-refractivity contribution in [1.29, 1.82) is 0 Å².